The maximum Gasteiger partial charge on any atom is 0.186 e. The van der Waals surface area contributed by atoms with Gasteiger partial charge in [0, 0.05) is 35.3 Å². The number of ether oxygens (including phenoxy) is 1. The second-order valence-electron chi connectivity index (χ2n) is 9.70. The van der Waals surface area contributed by atoms with Gasteiger partial charge in [-0.3, -0.25) is 0 Å². The lowest BCUT2D eigenvalue weighted by Gasteiger charge is -2.48. The van der Waals surface area contributed by atoms with Crippen LogP contribution in [0.5, 0.6) is 5.75 Å². The van der Waals surface area contributed by atoms with Crippen molar-refractivity contribution in [1.29, 1.82) is 0 Å². The number of oxazole rings is 1. The summed E-state index contributed by atoms with van der Waals surface area (Å²) in [7, 11) is 2.18. The van der Waals surface area contributed by atoms with Crippen LogP contribution in [0.2, 0.25) is 0 Å². The number of benzene rings is 1. The molecule has 1 aromatic carbocycles. The Balaban J connectivity index is 1.45. The zero-order valence-electron chi connectivity index (χ0n) is 18.2. The van der Waals surface area contributed by atoms with Gasteiger partial charge in [-0.15, -0.1) is 0 Å². The minimum Gasteiger partial charge on any atom is -0.487 e. The summed E-state index contributed by atoms with van der Waals surface area (Å²) in [5, 5.41) is 4.84. The van der Waals surface area contributed by atoms with Gasteiger partial charge in [-0.2, -0.15) is 0 Å². The Labute approximate surface area is 181 Å². The normalized spacial score (nSPS) is 19.6. The van der Waals surface area contributed by atoms with E-state index < -0.39 is 0 Å². The molecule has 7 heteroatoms. The molecule has 0 amide bonds. The number of fused-ring (bicyclic) bond motifs is 3. The van der Waals surface area contributed by atoms with Crippen molar-refractivity contribution in [3.8, 4) is 27.5 Å². The van der Waals surface area contributed by atoms with Crippen molar-refractivity contribution >= 4 is 16.5 Å². The fourth-order valence-electron chi connectivity index (χ4n) is 4.98. The molecule has 5 rings (SSSR count). The monoisotopic (exact) mass is 424 g/mol. The zero-order chi connectivity index (χ0) is 21.1. The van der Waals surface area contributed by atoms with Crippen LogP contribution in [0.4, 0.5) is 5.13 Å². The topological polar surface area (TPSA) is 63.4 Å². The molecule has 158 valence electrons. The number of nitrogens with one attached hydrogen (secondary N) is 1. The highest BCUT2D eigenvalue weighted by Crippen LogP contribution is 2.45. The molecule has 1 fully saturated rings. The van der Waals surface area contributed by atoms with E-state index in [4.69, 9.17) is 14.1 Å². The van der Waals surface area contributed by atoms with Crippen molar-refractivity contribution < 1.29 is 9.15 Å². The van der Waals surface area contributed by atoms with Crippen LogP contribution >= 0.6 is 11.3 Å². The molecular weight excluding hydrogens is 396 g/mol. The highest BCUT2D eigenvalue weighted by Gasteiger charge is 2.40. The number of anilines is 1. The molecule has 0 unspecified atom stereocenters. The molecule has 2 aromatic heterocycles. The summed E-state index contributed by atoms with van der Waals surface area (Å²) in [6.07, 6.45) is 5.34. The number of thiazole rings is 1. The van der Waals surface area contributed by atoms with Crippen molar-refractivity contribution in [1.82, 2.24) is 15.3 Å². The van der Waals surface area contributed by atoms with Gasteiger partial charge in [0.05, 0.1) is 16.8 Å². The lowest BCUT2D eigenvalue weighted by atomic mass is 9.79. The second kappa shape index (κ2) is 6.82. The van der Waals surface area contributed by atoms with E-state index >= 15 is 0 Å². The van der Waals surface area contributed by atoms with Crippen molar-refractivity contribution in [2.24, 2.45) is 0 Å². The maximum atomic E-state index is 6.05. The number of nitrogens with zero attached hydrogens (tertiary/aromatic N) is 3. The first-order chi connectivity index (χ1) is 14.2. The van der Waals surface area contributed by atoms with Crippen LogP contribution in [0, 0.1) is 0 Å². The molecule has 0 bridgehead atoms. The van der Waals surface area contributed by atoms with E-state index in [0.717, 1.165) is 46.3 Å². The molecule has 0 aliphatic carbocycles. The van der Waals surface area contributed by atoms with Crippen molar-refractivity contribution in [2.75, 3.05) is 11.9 Å². The molecule has 30 heavy (non-hydrogen) atoms. The Kier molecular flexibility index (Phi) is 4.45. The Morgan fingerprint density at radius 2 is 1.93 bits per heavy atom. The highest BCUT2D eigenvalue weighted by atomic mass is 32.1. The molecule has 0 saturated carbocycles. The van der Waals surface area contributed by atoms with Gasteiger partial charge >= 0.3 is 0 Å². The van der Waals surface area contributed by atoms with E-state index in [0.29, 0.717) is 12.6 Å². The third-order valence-corrected chi connectivity index (χ3v) is 7.23. The van der Waals surface area contributed by atoms with E-state index in [9.17, 15) is 0 Å². The summed E-state index contributed by atoms with van der Waals surface area (Å²) in [5.41, 5.74) is 3.29. The van der Waals surface area contributed by atoms with E-state index in [1.54, 1.807) is 17.5 Å². The van der Waals surface area contributed by atoms with E-state index in [-0.39, 0.29) is 11.1 Å². The lowest BCUT2D eigenvalue weighted by Crippen LogP contribution is -2.61. The van der Waals surface area contributed by atoms with Gasteiger partial charge in [-0.05, 0) is 52.7 Å². The average Bonchev–Trinajstić information content (AvgIpc) is 3.34. The summed E-state index contributed by atoms with van der Waals surface area (Å²) in [6, 6.07) is 6.63. The number of hydrogen-bond donors (Lipinski definition) is 1. The van der Waals surface area contributed by atoms with Crippen LogP contribution in [0.25, 0.3) is 21.8 Å². The predicted molar refractivity (Wildman–Crippen MR) is 120 cm³/mol. The molecule has 3 aromatic rings. The molecule has 2 aliphatic heterocycles. The SMILES string of the molecule is CN(c1nc2c(s1)-c1ccc(-c3cnco3)cc1OC2)C1CC(C)(C)NC(C)(C)C1. The van der Waals surface area contributed by atoms with Gasteiger partial charge in [0.25, 0.3) is 0 Å². The molecule has 4 heterocycles. The molecular formula is C23H28N4O2S. The summed E-state index contributed by atoms with van der Waals surface area (Å²) >= 11 is 1.76. The number of piperidine rings is 1. The molecule has 6 nitrogen and oxygen atoms in total. The van der Waals surface area contributed by atoms with Gasteiger partial charge in [0.2, 0.25) is 0 Å². The molecule has 2 aliphatic rings. The van der Waals surface area contributed by atoms with Gasteiger partial charge in [-0.1, -0.05) is 17.4 Å². The number of rotatable bonds is 3. The van der Waals surface area contributed by atoms with Gasteiger partial charge in [0.15, 0.2) is 17.3 Å². The van der Waals surface area contributed by atoms with Crippen LogP contribution in [0.1, 0.15) is 46.2 Å². The largest absolute Gasteiger partial charge is 0.487 e. The quantitative estimate of drug-likeness (QED) is 0.631. The smallest absolute Gasteiger partial charge is 0.186 e. The van der Waals surface area contributed by atoms with Crippen molar-refractivity contribution in [2.45, 2.75) is 64.3 Å². The molecule has 0 spiro atoms. The third kappa shape index (κ3) is 3.50. The molecule has 1 N–H and O–H groups in total. The van der Waals surface area contributed by atoms with Crippen LogP contribution in [0.3, 0.4) is 0 Å². The Morgan fingerprint density at radius 1 is 1.17 bits per heavy atom. The van der Waals surface area contributed by atoms with E-state index in [1.165, 1.54) is 11.3 Å². The average molecular weight is 425 g/mol. The Hall–Kier alpha value is -2.38. The van der Waals surface area contributed by atoms with Gasteiger partial charge < -0.3 is 19.4 Å². The fraction of sp³-hybridized carbons (Fsp3) is 0.478. The Bertz CT molecular complexity index is 1060. The van der Waals surface area contributed by atoms with Crippen LogP contribution < -0.4 is 15.0 Å². The first-order valence-corrected chi connectivity index (χ1v) is 11.2. The van der Waals surface area contributed by atoms with Crippen LogP contribution in [0.15, 0.2) is 35.2 Å². The highest BCUT2D eigenvalue weighted by molar-refractivity contribution is 7.19. The van der Waals surface area contributed by atoms with Gasteiger partial charge in [0.1, 0.15) is 12.4 Å². The van der Waals surface area contributed by atoms with Crippen molar-refractivity contribution in [3.63, 3.8) is 0 Å². The standard InChI is InChI=1S/C23H28N4O2S/c1-22(2)9-15(10-23(3,4)26-22)27(5)21-25-17-12-28-18-8-14(19-11-24-13-29-19)6-7-16(18)20(17)30-21/h6-8,11,13,15,26H,9-10,12H2,1-5H3. The van der Waals surface area contributed by atoms with Gasteiger partial charge in [-0.25, -0.2) is 9.97 Å². The van der Waals surface area contributed by atoms with Crippen molar-refractivity contribution in [3.05, 3.63) is 36.5 Å². The fourth-order valence-corrected chi connectivity index (χ4v) is 6.12. The van der Waals surface area contributed by atoms with Crippen LogP contribution in [-0.4, -0.2) is 34.1 Å². The predicted octanol–water partition coefficient (Wildman–Crippen LogP) is 5.10. The second-order valence-corrected chi connectivity index (χ2v) is 10.7. The first-order valence-electron chi connectivity index (χ1n) is 10.4. The number of hydrogen-bond acceptors (Lipinski definition) is 7. The molecule has 0 atom stereocenters. The maximum absolute atomic E-state index is 6.05. The molecule has 1 saturated heterocycles. The Morgan fingerprint density at radius 3 is 2.63 bits per heavy atom. The number of aromatic nitrogens is 2. The summed E-state index contributed by atoms with van der Waals surface area (Å²) in [6.45, 7) is 9.65. The summed E-state index contributed by atoms with van der Waals surface area (Å²) in [4.78, 5) is 12.5. The summed E-state index contributed by atoms with van der Waals surface area (Å²) in [5.74, 6) is 1.62. The molecule has 0 radical (unpaired) electrons. The minimum atomic E-state index is 0.102. The van der Waals surface area contributed by atoms with Crippen LogP contribution in [-0.2, 0) is 6.61 Å². The third-order valence-electron chi connectivity index (χ3n) is 6.01. The first kappa shape index (κ1) is 19.6. The zero-order valence-corrected chi connectivity index (χ0v) is 19.0. The summed E-state index contributed by atoms with van der Waals surface area (Å²) < 4.78 is 11.5. The lowest BCUT2D eigenvalue weighted by molar-refractivity contribution is 0.161. The van der Waals surface area contributed by atoms with E-state index in [1.807, 2.05) is 6.07 Å². The minimum absolute atomic E-state index is 0.102. The van der Waals surface area contributed by atoms with E-state index in [2.05, 4.69) is 62.1 Å².